The lowest BCUT2D eigenvalue weighted by Gasteiger charge is -2.11. The Morgan fingerprint density at radius 3 is 2.22 bits per heavy atom. The highest BCUT2D eigenvalue weighted by atomic mass is 35.5. The van der Waals surface area contributed by atoms with Gasteiger partial charge in [0.05, 0.1) is 20.8 Å². The fourth-order valence-electron chi connectivity index (χ4n) is 1.44. The van der Waals surface area contributed by atoms with Crippen LogP contribution in [-0.4, -0.2) is 0 Å². The molecule has 5 heteroatoms. The predicted octanol–water partition coefficient (Wildman–Crippen LogP) is 5.33. The summed E-state index contributed by atoms with van der Waals surface area (Å²) in [5.41, 5.74) is 7.26. The number of benzene rings is 2. The molecule has 0 atom stereocenters. The standard InChI is InChI=1S/C13H10Cl3NO/c1-7-2-3-12(10(16)4-7)18-13-6-9(15)8(14)5-11(13)17/h2-6H,17H2,1H3. The van der Waals surface area contributed by atoms with Gasteiger partial charge >= 0.3 is 0 Å². The van der Waals surface area contributed by atoms with Gasteiger partial charge in [0, 0.05) is 6.07 Å². The zero-order valence-corrected chi connectivity index (χ0v) is 11.8. The van der Waals surface area contributed by atoms with Crippen LogP contribution in [0.5, 0.6) is 11.5 Å². The molecule has 0 aliphatic carbocycles. The van der Waals surface area contributed by atoms with E-state index < -0.39 is 0 Å². The summed E-state index contributed by atoms with van der Waals surface area (Å²) in [6.07, 6.45) is 0. The lowest BCUT2D eigenvalue weighted by Crippen LogP contribution is -1.93. The number of anilines is 1. The molecule has 94 valence electrons. The molecule has 0 saturated carbocycles. The predicted molar refractivity (Wildman–Crippen MR) is 77.1 cm³/mol. The van der Waals surface area contributed by atoms with E-state index in [1.807, 2.05) is 19.1 Å². The smallest absolute Gasteiger partial charge is 0.151 e. The van der Waals surface area contributed by atoms with Gasteiger partial charge in [0.1, 0.15) is 5.75 Å². The summed E-state index contributed by atoms with van der Waals surface area (Å²) in [6, 6.07) is 8.59. The molecule has 2 nitrogen and oxygen atoms in total. The van der Waals surface area contributed by atoms with Crippen molar-refractivity contribution in [3.63, 3.8) is 0 Å². The number of nitrogens with two attached hydrogens (primary N) is 1. The first kappa shape index (κ1) is 13.3. The van der Waals surface area contributed by atoms with Crippen LogP contribution in [0.15, 0.2) is 30.3 Å². The molecule has 0 aliphatic rings. The number of hydrogen-bond donors (Lipinski definition) is 1. The van der Waals surface area contributed by atoms with Crippen LogP contribution in [-0.2, 0) is 0 Å². The Labute approximate surface area is 120 Å². The topological polar surface area (TPSA) is 35.2 Å². The molecule has 0 heterocycles. The average molecular weight is 303 g/mol. The second kappa shape index (κ2) is 5.27. The Morgan fingerprint density at radius 2 is 1.56 bits per heavy atom. The van der Waals surface area contributed by atoms with Gasteiger partial charge in [0.25, 0.3) is 0 Å². The molecular formula is C13H10Cl3NO. The molecule has 0 bridgehead atoms. The van der Waals surface area contributed by atoms with E-state index >= 15 is 0 Å². The van der Waals surface area contributed by atoms with Crippen molar-refractivity contribution in [2.24, 2.45) is 0 Å². The van der Waals surface area contributed by atoms with Crippen molar-refractivity contribution in [1.29, 1.82) is 0 Å². The molecule has 2 rings (SSSR count). The molecule has 2 aromatic rings. The molecule has 0 fully saturated rings. The van der Waals surface area contributed by atoms with Gasteiger partial charge in [0.2, 0.25) is 0 Å². The third-order valence-electron chi connectivity index (χ3n) is 2.36. The first-order valence-electron chi connectivity index (χ1n) is 5.16. The Morgan fingerprint density at radius 1 is 0.889 bits per heavy atom. The van der Waals surface area contributed by atoms with Crippen LogP contribution in [0.25, 0.3) is 0 Å². The first-order chi connectivity index (χ1) is 8.47. The van der Waals surface area contributed by atoms with E-state index in [1.165, 1.54) is 0 Å². The van der Waals surface area contributed by atoms with Crippen LogP contribution in [0.2, 0.25) is 15.1 Å². The van der Waals surface area contributed by atoms with E-state index in [-0.39, 0.29) is 0 Å². The number of aryl methyl sites for hydroxylation is 1. The van der Waals surface area contributed by atoms with Crippen LogP contribution in [0, 0.1) is 6.92 Å². The zero-order chi connectivity index (χ0) is 13.3. The second-order valence-corrected chi connectivity index (χ2v) is 5.06. The highest BCUT2D eigenvalue weighted by molar-refractivity contribution is 6.42. The van der Waals surface area contributed by atoms with E-state index in [4.69, 9.17) is 45.3 Å². The minimum Gasteiger partial charge on any atom is -0.454 e. The number of ether oxygens (including phenoxy) is 1. The van der Waals surface area contributed by atoms with Gasteiger partial charge in [-0.15, -0.1) is 0 Å². The van der Waals surface area contributed by atoms with E-state index in [0.717, 1.165) is 5.56 Å². The number of halogens is 3. The molecule has 2 N–H and O–H groups in total. The Bertz CT molecular complexity index is 599. The van der Waals surface area contributed by atoms with Crippen molar-refractivity contribution >= 4 is 40.5 Å². The van der Waals surface area contributed by atoms with Gasteiger partial charge in [-0.1, -0.05) is 40.9 Å². The van der Waals surface area contributed by atoms with E-state index in [9.17, 15) is 0 Å². The molecule has 18 heavy (non-hydrogen) atoms. The number of rotatable bonds is 2. The van der Waals surface area contributed by atoms with Gasteiger partial charge < -0.3 is 10.5 Å². The van der Waals surface area contributed by atoms with Crippen molar-refractivity contribution in [1.82, 2.24) is 0 Å². The summed E-state index contributed by atoms with van der Waals surface area (Å²) in [4.78, 5) is 0. The van der Waals surface area contributed by atoms with Crippen LogP contribution in [0.4, 0.5) is 5.69 Å². The third kappa shape index (κ3) is 2.83. The number of hydrogen-bond acceptors (Lipinski definition) is 2. The van der Waals surface area contributed by atoms with Crippen molar-refractivity contribution in [3.05, 3.63) is 51.0 Å². The highest BCUT2D eigenvalue weighted by Crippen LogP contribution is 2.37. The quantitative estimate of drug-likeness (QED) is 0.761. The van der Waals surface area contributed by atoms with Crippen molar-refractivity contribution < 1.29 is 4.74 Å². The Balaban J connectivity index is 2.37. The maximum absolute atomic E-state index is 6.08. The highest BCUT2D eigenvalue weighted by Gasteiger charge is 2.09. The van der Waals surface area contributed by atoms with Gasteiger partial charge in [-0.2, -0.15) is 0 Å². The second-order valence-electron chi connectivity index (χ2n) is 3.84. The maximum Gasteiger partial charge on any atom is 0.151 e. The summed E-state index contributed by atoms with van der Waals surface area (Å²) in [5, 5.41) is 1.28. The van der Waals surface area contributed by atoms with Crippen molar-refractivity contribution in [2.45, 2.75) is 6.92 Å². The molecule has 0 amide bonds. The normalized spacial score (nSPS) is 10.4. The van der Waals surface area contributed by atoms with E-state index in [0.29, 0.717) is 32.3 Å². The van der Waals surface area contributed by atoms with Crippen LogP contribution < -0.4 is 10.5 Å². The first-order valence-corrected chi connectivity index (χ1v) is 6.29. The molecule has 0 spiro atoms. The lowest BCUT2D eigenvalue weighted by molar-refractivity contribution is 0.485. The van der Waals surface area contributed by atoms with Crippen molar-refractivity contribution in [2.75, 3.05) is 5.73 Å². The molecule has 0 saturated heterocycles. The summed E-state index contributed by atoms with van der Waals surface area (Å²) in [5.74, 6) is 0.947. The third-order valence-corrected chi connectivity index (χ3v) is 3.38. The molecule has 0 radical (unpaired) electrons. The average Bonchev–Trinajstić information content (AvgIpc) is 2.29. The molecule has 0 unspecified atom stereocenters. The van der Waals surface area contributed by atoms with Gasteiger partial charge in [-0.05, 0) is 30.7 Å². The summed E-state index contributed by atoms with van der Waals surface area (Å²) in [6.45, 7) is 1.95. The van der Waals surface area contributed by atoms with Gasteiger partial charge in [0.15, 0.2) is 5.75 Å². The van der Waals surface area contributed by atoms with Crippen LogP contribution >= 0.6 is 34.8 Å². The lowest BCUT2D eigenvalue weighted by atomic mass is 10.2. The molecule has 0 aliphatic heterocycles. The molecule has 2 aromatic carbocycles. The monoisotopic (exact) mass is 301 g/mol. The summed E-state index contributed by atoms with van der Waals surface area (Å²) in [7, 11) is 0. The van der Waals surface area contributed by atoms with Gasteiger partial charge in [-0.3, -0.25) is 0 Å². The van der Waals surface area contributed by atoms with E-state index in [1.54, 1.807) is 18.2 Å². The summed E-state index contributed by atoms with van der Waals surface area (Å²) < 4.78 is 5.63. The van der Waals surface area contributed by atoms with Crippen LogP contribution in [0.3, 0.4) is 0 Å². The fraction of sp³-hybridized carbons (Fsp3) is 0.0769. The maximum atomic E-state index is 6.08. The van der Waals surface area contributed by atoms with E-state index in [2.05, 4.69) is 0 Å². The number of nitrogen functional groups attached to an aromatic ring is 1. The Kier molecular flexibility index (Phi) is 3.91. The molecular weight excluding hydrogens is 293 g/mol. The SMILES string of the molecule is Cc1ccc(Oc2cc(Cl)c(Cl)cc2N)c(Cl)c1. The Hall–Kier alpha value is -1.09. The molecule has 0 aromatic heterocycles. The zero-order valence-electron chi connectivity index (χ0n) is 9.51. The van der Waals surface area contributed by atoms with Crippen LogP contribution in [0.1, 0.15) is 5.56 Å². The summed E-state index contributed by atoms with van der Waals surface area (Å²) >= 11 is 17.8. The minimum atomic E-state index is 0.379. The largest absolute Gasteiger partial charge is 0.454 e. The van der Waals surface area contributed by atoms with Gasteiger partial charge in [-0.25, -0.2) is 0 Å². The fourth-order valence-corrected chi connectivity index (χ4v) is 2.04. The van der Waals surface area contributed by atoms with Crippen molar-refractivity contribution in [3.8, 4) is 11.5 Å². The minimum absolute atomic E-state index is 0.379.